The number of hydrogen-bond acceptors (Lipinski definition) is 2. The first-order chi connectivity index (χ1) is 8.99. The molecular weight excluding hydrogens is 256 g/mol. The van der Waals surface area contributed by atoms with E-state index in [0.717, 1.165) is 29.9 Å². The van der Waals surface area contributed by atoms with Crippen LogP contribution in [0.3, 0.4) is 0 Å². The highest BCUT2D eigenvalue weighted by atomic mass is 19.1. The van der Waals surface area contributed by atoms with Crippen molar-refractivity contribution in [3.05, 3.63) is 29.8 Å². The Labute approximate surface area is 108 Å². The minimum Gasteiger partial charge on any atom is -0.481 e. The molecule has 0 saturated heterocycles. The Kier molecular flexibility index (Phi) is 3.78. The van der Waals surface area contributed by atoms with Crippen molar-refractivity contribution in [2.24, 2.45) is 5.92 Å². The van der Waals surface area contributed by atoms with Gasteiger partial charge >= 0.3 is 5.97 Å². The zero-order valence-corrected chi connectivity index (χ0v) is 10.1. The lowest BCUT2D eigenvalue weighted by Gasteiger charge is -2.22. The Hall–Kier alpha value is -1.98. The van der Waals surface area contributed by atoms with E-state index in [9.17, 15) is 18.4 Å². The number of carboxylic acid groups (broad SMARTS) is 1. The Bertz CT molecular complexity index is 515. The molecule has 6 heteroatoms. The second-order valence-corrected chi connectivity index (χ2v) is 4.50. The number of nitrogens with zero attached hydrogens (tertiary/aromatic N) is 1. The van der Waals surface area contributed by atoms with Crippen molar-refractivity contribution in [1.29, 1.82) is 0 Å². The maximum atomic E-state index is 13.7. The summed E-state index contributed by atoms with van der Waals surface area (Å²) < 4.78 is 26.5. The number of rotatable bonds is 5. The monoisotopic (exact) mass is 269 g/mol. The molecule has 102 valence electrons. The number of amides is 1. The molecular formula is C13H13F2NO3. The number of aliphatic carboxylic acids is 1. The van der Waals surface area contributed by atoms with Crippen molar-refractivity contribution < 1.29 is 23.5 Å². The van der Waals surface area contributed by atoms with Crippen LogP contribution in [0, 0.1) is 17.6 Å². The molecule has 0 unspecified atom stereocenters. The molecule has 1 amide bonds. The van der Waals surface area contributed by atoms with Gasteiger partial charge in [0.1, 0.15) is 11.6 Å². The number of carbonyl (C=O) groups is 2. The van der Waals surface area contributed by atoms with Gasteiger partial charge in [0.25, 0.3) is 0 Å². The van der Waals surface area contributed by atoms with Crippen LogP contribution in [0.1, 0.15) is 19.3 Å². The molecule has 4 nitrogen and oxygen atoms in total. The number of carbonyl (C=O) groups excluding carboxylic acids is 1. The minimum absolute atomic E-state index is 0.0699. The van der Waals surface area contributed by atoms with E-state index < -0.39 is 17.6 Å². The third-order valence-electron chi connectivity index (χ3n) is 2.94. The molecule has 0 aliphatic heterocycles. The number of halogens is 2. The van der Waals surface area contributed by atoms with Gasteiger partial charge in [-0.05, 0) is 25.0 Å². The second-order valence-electron chi connectivity index (χ2n) is 4.50. The summed E-state index contributed by atoms with van der Waals surface area (Å²) in [5.41, 5.74) is -0.0699. The zero-order valence-electron chi connectivity index (χ0n) is 10.1. The Morgan fingerprint density at radius 3 is 2.53 bits per heavy atom. The smallest absolute Gasteiger partial charge is 0.305 e. The summed E-state index contributed by atoms with van der Waals surface area (Å²) >= 11 is 0. The van der Waals surface area contributed by atoms with Gasteiger partial charge in [0, 0.05) is 18.5 Å². The molecule has 2 rings (SSSR count). The summed E-state index contributed by atoms with van der Waals surface area (Å²) in [6.45, 7) is -0.118. The summed E-state index contributed by atoms with van der Waals surface area (Å²) in [6.07, 6.45) is 1.17. The lowest BCUT2D eigenvalue weighted by molar-refractivity contribution is -0.136. The maximum Gasteiger partial charge on any atom is 0.305 e. The first-order valence-electron chi connectivity index (χ1n) is 5.97. The van der Waals surface area contributed by atoms with E-state index in [0.29, 0.717) is 6.07 Å². The third-order valence-corrected chi connectivity index (χ3v) is 2.94. The lowest BCUT2D eigenvalue weighted by atomic mass is 10.2. The van der Waals surface area contributed by atoms with Crippen molar-refractivity contribution in [2.75, 3.05) is 11.4 Å². The molecule has 1 aliphatic carbocycles. The van der Waals surface area contributed by atoms with Crippen molar-refractivity contribution in [3.63, 3.8) is 0 Å². The molecule has 0 radical (unpaired) electrons. The predicted molar refractivity (Wildman–Crippen MR) is 63.7 cm³/mol. The van der Waals surface area contributed by atoms with Gasteiger partial charge in [-0.15, -0.1) is 0 Å². The highest BCUT2D eigenvalue weighted by Crippen LogP contribution is 2.33. The summed E-state index contributed by atoms with van der Waals surface area (Å²) in [7, 11) is 0. The number of hydrogen-bond donors (Lipinski definition) is 1. The van der Waals surface area contributed by atoms with Crippen molar-refractivity contribution in [3.8, 4) is 0 Å². The number of benzene rings is 1. The Morgan fingerprint density at radius 2 is 2.00 bits per heavy atom. The van der Waals surface area contributed by atoms with Crippen LogP contribution in [-0.2, 0) is 9.59 Å². The normalized spacial score (nSPS) is 14.2. The molecule has 0 aromatic heterocycles. The van der Waals surface area contributed by atoms with Gasteiger partial charge in [-0.25, -0.2) is 8.78 Å². The number of carboxylic acids is 1. The largest absolute Gasteiger partial charge is 0.481 e. The second kappa shape index (κ2) is 5.34. The molecule has 0 heterocycles. The average molecular weight is 269 g/mol. The standard InChI is InChI=1S/C13H13F2NO3/c14-9-3-4-11(10(15)7-9)16(6-5-12(17)18)13(19)8-1-2-8/h3-4,7-8H,1-2,5-6H2,(H,17,18). The van der Waals surface area contributed by atoms with Crippen LogP contribution in [-0.4, -0.2) is 23.5 Å². The van der Waals surface area contributed by atoms with Crippen molar-refractivity contribution in [2.45, 2.75) is 19.3 Å². The molecule has 0 bridgehead atoms. The molecule has 0 spiro atoms. The van der Waals surface area contributed by atoms with E-state index in [2.05, 4.69) is 0 Å². The van der Waals surface area contributed by atoms with Crippen LogP contribution in [0.4, 0.5) is 14.5 Å². The highest BCUT2D eigenvalue weighted by molar-refractivity contribution is 5.96. The van der Waals surface area contributed by atoms with Crippen molar-refractivity contribution in [1.82, 2.24) is 0 Å². The maximum absolute atomic E-state index is 13.7. The molecule has 1 N–H and O–H groups in total. The van der Waals surface area contributed by atoms with E-state index in [1.165, 1.54) is 0 Å². The molecule has 1 aliphatic rings. The Balaban J connectivity index is 2.24. The SMILES string of the molecule is O=C(O)CCN(C(=O)C1CC1)c1ccc(F)cc1F. The lowest BCUT2D eigenvalue weighted by Crippen LogP contribution is -2.34. The zero-order chi connectivity index (χ0) is 14.0. The van der Waals surface area contributed by atoms with Gasteiger partial charge in [0.15, 0.2) is 0 Å². The van der Waals surface area contributed by atoms with Gasteiger partial charge < -0.3 is 10.0 Å². The molecule has 0 atom stereocenters. The van der Waals surface area contributed by atoms with Gasteiger partial charge in [0.05, 0.1) is 12.1 Å². The van der Waals surface area contributed by atoms with Crippen LogP contribution in [0.5, 0.6) is 0 Å². The van der Waals surface area contributed by atoms with Crippen LogP contribution in [0.2, 0.25) is 0 Å². The first-order valence-corrected chi connectivity index (χ1v) is 5.97. The van der Waals surface area contributed by atoms with Gasteiger partial charge in [0.2, 0.25) is 5.91 Å². The summed E-state index contributed by atoms with van der Waals surface area (Å²) in [5.74, 6) is -3.14. The van der Waals surface area contributed by atoms with Gasteiger partial charge in [-0.3, -0.25) is 9.59 Å². The van der Waals surface area contributed by atoms with Crippen LogP contribution >= 0.6 is 0 Å². The molecule has 1 aromatic rings. The fraction of sp³-hybridized carbons (Fsp3) is 0.385. The van der Waals surface area contributed by atoms with E-state index >= 15 is 0 Å². The molecule has 1 fully saturated rings. The molecule has 19 heavy (non-hydrogen) atoms. The average Bonchev–Trinajstić information content (AvgIpc) is 3.14. The summed E-state index contributed by atoms with van der Waals surface area (Å²) in [5, 5.41) is 8.67. The first kappa shape index (κ1) is 13.5. The number of anilines is 1. The van der Waals surface area contributed by atoms with Crippen LogP contribution in [0.25, 0.3) is 0 Å². The van der Waals surface area contributed by atoms with E-state index in [-0.39, 0.29) is 30.5 Å². The quantitative estimate of drug-likeness (QED) is 0.891. The van der Waals surface area contributed by atoms with E-state index in [4.69, 9.17) is 5.11 Å². The molecule has 1 aromatic carbocycles. The summed E-state index contributed by atoms with van der Waals surface area (Å²) in [4.78, 5) is 23.7. The fourth-order valence-electron chi connectivity index (χ4n) is 1.81. The van der Waals surface area contributed by atoms with E-state index in [1.807, 2.05) is 0 Å². The van der Waals surface area contributed by atoms with E-state index in [1.54, 1.807) is 0 Å². The van der Waals surface area contributed by atoms with Crippen molar-refractivity contribution >= 4 is 17.6 Å². The van der Waals surface area contributed by atoms with Crippen LogP contribution < -0.4 is 4.90 Å². The fourth-order valence-corrected chi connectivity index (χ4v) is 1.81. The van der Waals surface area contributed by atoms with Gasteiger partial charge in [-0.1, -0.05) is 0 Å². The topological polar surface area (TPSA) is 57.6 Å². The third kappa shape index (κ3) is 3.27. The predicted octanol–water partition coefficient (Wildman–Crippen LogP) is 2.18. The van der Waals surface area contributed by atoms with Crippen LogP contribution in [0.15, 0.2) is 18.2 Å². The highest BCUT2D eigenvalue weighted by Gasteiger charge is 2.35. The van der Waals surface area contributed by atoms with Gasteiger partial charge in [-0.2, -0.15) is 0 Å². The summed E-state index contributed by atoms with van der Waals surface area (Å²) in [6, 6.07) is 2.89. The minimum atomic E-state index is -1.07. The Morgan fingerprint density at radius 1 is 1.32 bits per heavy atom. The molecule has 1 saturated carbocycles.